The second-order valence-electron chi connectivity index (χ2n) is 5.61. The van der Waals surface area contributed by atoms with Gasteiger partial charge in [-0.15, -0.1) is 0 Å². The molecule has 0 bridgehead atoms. The molecule has 0 heterocycles. The number of hydrogen-bond donors (Lipinski definition) is 1. The summed E-state index contributed by atoms with van der Waals surface area (Å²) in [6, 6.07) is 20.0. The summed E-state index contributed by atoms with van der Waals surface area (Å²) in [5.41, 5.74) is 2.73. The van der Waals surface area contributed by atoms with Crippen LogP contribution >= 0.6 is 15.9 Å². The van der Waals surface area contributed by atoms with Gasteiger partial charge in [-0.1, -0.05) is 52.3 Å². The molecule has 1 N–H and O–H groups in total. The zero-order valence-electron chi connectivity index (χ0n) is 11.6. The molecular formula is C18H20BrN. The van der Waals surface area contributed by atoms with Crippen molar-refractivity contribution in [2.45, 2.75) is 37.6 Å². The average Bonchev–Trinajstić information content (AvgIpc) is 2.49. The molecule has 1 nitrogen and oxygen atoms in total. The van der Waals surface area contributed by atoms with Crippen LogP contribution in [0.5, 0.6) is 0 Å². The molecule has 20 heavy (non-hydrogen) atoms. The highest BCUT2D eigenvalue weighted by Gasteiger charge is 2.21. The Kier molecular flexibility index (Phi) is 4.41. The monoisotopic (exact) mass is 329 g/mol. The summed E-state index contributed by atoms with van der Waals surface area (Å²) in [6.45, 7) is 0. The maximum absolute atomic E-state index is 3.66. The van der Waals surface area contributed by atoms with Crippen molar-refractivity contribution in [1.82, 2.24) is 0 Å². The molecule has 0 atom stereocenters. The third kappa shape index (κ3) is 3.43. The minimum atomic E-state index is 0.615. The SMILES string of the molecule is Brc1cccc(NC2CCC(c3ccccc3)CC2)c1. The van der Waals surface area contributed by atoms with E-state index in [9.17, 15) is 0 Å². The summed E-state index contributed by atoms with van der Waals surface area (Å²) in [5, 5.41) is 3.66. The predicted octanol–water partition coefficient (Wildman–Crippen LogP) is 5.59. The van der Waals surface area contributed by atoms with E-state index in [4.69, 9.17) is 0 Å². The van der Waals surface area contributed by atoms with Gasteiger partial charge in [0.1, 0.15) is 0 Å². The Balaban J connectivity index is 1.56. The average molecular weight is 330 g/mol. The van der Waals surface area contributed by atoms with Crippen LogP contribution in [-0.4, -0.2) is 6.04 Å². The second-order valence-corrected chi connectivity index (χ2v) is 6.53. The van der Waals surface area contributed by atoms with E-state index in [1.165, 1.54) is 36.9 Å². The van der Waals surface area contributed by atoms with Crippen LogP contribution in [0.2, 0.25) is 0 Å². The molecule has 0 aromatic heterocycles. The molecule has 2 aromatic carbocycles. The van der Waals surface area contributed by atoms with Crippen LogP contribution in [0.1, 0.15) is 37.2 Å². The van der Waals surface area contributed by atoms with Crippen molar-refractivity contribution < 1.29 is 0 Å². The highest BCUT2D eigenvalue weighted by molar-refractivity contribution is 9.10. The maximum Gasteiger partial charge on any atom is 0.0353 e. The van der Waals surface area contributed by atoms with Gasteiger partial charge in [0.25, 0.3) is 0 Å². The van der Waals surface area contributed by atoms with Crippen molar-refractivity contribution in [2.24, 2.45) is 0 Å². The van der Waals surface area contributed by atoms with E-state index in [2.05, 4.69) is 75.8 Å². The molecule has 1 aliphatic rings. The minimum absolute atomic E-state index is 0.615. The van der Waals surface area contributed by atoms with Gasteiger partial charge in [-0.3, -0.25) is 0 Å². The zero-order valence-corrected chi connectivity index (χ0v) is 13.1. The lowest BCUT2D eigenvalue weighted by Crippen LogP contribution is -2.25. The number of benzene rings is 2. The molecule has 1 aliphatic carbocycles. The fraction of sp³-hybridized carbons (Fsp3) is 0.333. The Morgan fingerprint density at radius 1 is 0.850 bits per heavy atom. The Labute approximate surface area is 129 Å². The van der Waals surface area contributed by atoms with Gasteiger partial charge in [-0.05, 0) is 55.4 Å². The molecule has 0 spiro atoms. The zero-order chi connectivity index (χ0) is 13.8. The lowest BCUT2D eigenvalue weighted by Gasteiger charge is -2.30. The fourth-order valence-electron chi connectivity index (χ4n) is 3.11. The third-order valence-electron chi connectivity index (χ3n) is 4.19. The number of halogens is 1. The van der Waals surface area contributed by atoms with Gasteiger partial charge in [0, 0.05) is 16.2 Å². The number of hydrogen-bond acceptors (Lipinski definition) is 1. The van der Waals surface area contributed by atoms with E-state index in [1.807, 2.05) is 0 Å². The normalized spacial score (nSPS) is 22.4. The molecule has 104 valence electrons. The first kappa shape index (κ1) is 13.7. The first-order valence-corrected chi connectivity index (χ1v) is 8.17. The van der Waals surface area contributed by atoms with Crippen LogP contribution in [0.3, 0.4) is 0 Å². The van der Waals surface area contributed by atoms with Gasteiger partial charge in [0.2, 0.25) is 0 Å². The maximum atomic E-state index is 3.66. The molecule has 1 fully saturated rings. The topological polar surface area (TPSA) is 12.0 Å². The van der Waals surface area contributed by atoms with Crippen molar-refractivity contribution in [1.29, 1.82) is 0 Å². The van der Waals surface area contributed by atoms with Crippen molar-refractivity contribution in [3.05, 3.63) is 64.6 Å². The molecule has 0 unspecified atom stereocenters. The highest BCUT2D eigenvalue weighted by atomic mass is 79.9. The van der Waals surface area contributed by atoms with Crippen LogP contribution in [0.4, 0.5) is 5.69 Å². The molecule has 0 radical (unpaired) electrons. The van der Waals surface area contributed by atoms with Crippen molar-refractivity contribution >= 4 is 21.6 Å². The van der Waals surface area contributed by atoms with Gasteiger partial charge >= 0.3 is 0 Å². The van der Waals surface area contributed by atoms with Crippen molar-refractivity contribution in [3.8, 4) is 0 Å². The second kappa shape index (κ2) is 6.45. The van der Waals surface area contributed by atoms with Gasteiger partial charge in [-0.2, -0.15) is 0 Å². The Morgan fingerprint density at radius 2 is 1.60 bits per heavy atom. The molecule has 2 aromatic rings. The summed E-state index contributed by atoms with van der Waals surface area (Å²) in [4.78, 5) is 0. The van der Waals surface area contributed by atoms with Gasteiger partial charge in [0.15, 0.2) is 0 Å². The number of rotatable bonds is 3. The van der Waals surface area contributed by atoms with Crippen LogP contribution in [0, 0.1) is 0 Å². The standard InChI is InChI=1S/C18H20BrN/c19-16-7-4-8-18(13-16)20-17-11-9-15(10-12-17)14-5-2-1-3-6-14/h1-8,13,15,17,20H,9-12H2. The van der Waals surface area contributed by atoms with Crippen LogP contribution in [0.15, 0.2) is 59.1 Å². The highest BCUT2D eigenvalue weighted by Crippen LogP contribution is 2.34. The van der Waals surface area contributed by atoms with Crippen molar-refractivity contribution in [2.75, 3.05) is 5.32 Å². The first-order valence-electron chi connectivity index (χ1n) is 7.38. The molecular weight excluding hydrogens is 310 g/mol. The van der Waals surface area contributed by atoms with E-state index in [-0.39, 0.29) is 0 Å². The first-order chi connectivity index (χ1) is 9.81. The quantitative estimate of drug-likeness (QED) is 0.774. The predicted molar refractivity (Wildman–Crippen MR) is 89.2 cm³/mol. The Hall–Kier alpha value is -1.28. The summed E-state index contributed by atoms with van der Waals surface area (Å²) in [5.74, 6) is 0.747. The van der Waals surface area contributed by atoms with Gasteiger partial charge in [-0.25, -0.2) is 0 Å². The fourth-order valence-corrected chi connectivity index (χ4v) is 3.51. The van der Waals surface area contributed by atoms with Gasteiger partial charge < -0.3 is 5.32 Å². The summed E-state index contributed by atoms with van der Waals surface area (Å²) >= 11 is 3.53. The summed E-state index contributed by atoms with van der Waals surface area (Å²) in [7, 11) is 0. The van der Waals surface area contributed by atoms with Crippen LogP contribution in [-0.2, 0) is 0 Å². The molecule has 2 heteroatoms. The van der Waals surface area contributed by atoms with E-state index < -0.39 is 0 Å². The molecule has 0 saturated heterocycles. The largest absolute Gasteiger partial charge is 0.382 e. The molecule has 0 aliphatic heterocycles. The van der Waals surface area contributed by atoms with E-state index in [0.29, 0.717) is 6.04 Å². The summed E-state index contributed by atoms with van der Waals surface area (Å²) < 4.78 is 1.14. The lowest BCUT2D eigenvalue weighted by molar-refractivity contribution is 0.412. The smallest absolute Gasteiger partial charge is 0.0353 e. The Bertz CT molecular complexity index is 544. The minimum Gasteiger partial charge on any atom is -0.382 e. The number of anilines is 1. The van der Waals surface area contributed by atoms with E-state index in [1.54, 1.807) is 0 Å². The van der Waals surface area contributed by atoms with Crippen LogP contribution in [0.25, 0.3) is 0 Å². The number of nitrogens with one attached hydrogen (secondary N) is 1. The van der Waals surface area contributed by atoms with E-state index >= 15 is 0 Å². The lowest BCUT2D eigenvalue weighted by atomic mass is 9.82. The third-order valence-corrected chi connectivity index (χ3v) is 4.69. The van der Waals surface area contributed by atoms with E-state index in [0.717, 1.165) is 10.4 Å². The molecule has 0 amide bonds. The Morgan fingerprint density at radius 3 is 2.30 bits per heavy atom. The summed E-state index contributed by atoms with van der Waals surface area (Å²) in [6.07, 6.45) is 5.09. The molecule has 3 rings (SSSR count). The van der Waals surface area contributed by atoms with Crippen molar-refractivity contribution in [3.63, 3.8) is 0 Å². The van der Waals surface area contributed by atoms with Gasteiger partial charge in [0.05, 0.1) is 0 Å². The molecule has 1 saturated carbocycles. The van der Waals surface area contributed by atoms with Crippen LogP contribution < -0.4 is 5.32 Å².